The fraction of sp³-hybridized carbons (Fsp3) is 0.714. The number of hydrogen-bond donors (Lipinski definition) is 0. The molecule has 5 heteroatoms. The lowest BCUT2D eigenvalue weighted by Gasteiger charge is -2.34. The molecule has 2 rings (SSSR count). The summed E-state index contributed by atoms with van der Waals surface area (Å²) < 4.78 is 1.77. The quantitative estimate of drug-likeness (QED) is 0.800. The van der Waals surface area contributed by atoms with Crippen LogP contribution in [0.5, 0.6) is 0 Å². The molecule has 0 N–H and O–H groups in total. The van der Waals surface area contributed by atoms with Crippen molar-refractivity contribution < 1.29 is 0 Å². The van der Waals surface area contributed by atoms with E-state index in [1.54, 1.807) is 17.0 Å². The van der Waals surface area contributed by atoms with Gasteiger partial charge in [0, 0.05) is 36.9 Å². The zero-order valence-electron chi connectivity index (χ0n) is 11.8. The molecule has 106 valence electrons. The second-order valence-electron chi connectivity index (χ2n) is 5.83. The Kier molecular flexibility index (Phi) is 4.66. The van der Waals surface area contributed by atoms with Gasteiger partial charge in [-0.3, -0.25) is 4.79 Å². The molecule has 19 heavy (non-hydrogen) atoms. The zero-order valence-corrected chi connectivity index (χ0v) is 13.4. The first-order chi connectivity index (χ1) is 8.99. The number of rotatable bonds is 3. The van der Waals surface area contributed by atoms with Gasteiger partial charge in [0.15, 0.2) is 5.82 Å². The van der Waals surface area contributed by atoms with Crippen molar-refractivity contribution >= 4 is 21.7 Å². The Labute approximate surface area is 123 Å². The number of piperidine rings is 1. The van der Waals surface area contributed by atoms with E-state index >= 15 is 0 Å². The first-order valence-electron chi connectivity index (χ1n) is 6.93. The molecule has 1 aromatic rings. The van der Waals surface area contributed by atoms with Gasteiger partial charge in [0.1, 0.15) is 0 Å². The Hall–Kier alpha value is -0.840. The van der Waals surface area contributed by atoms with Gasteiger partial charge in [-0.25, -0.2) is 4.98 Å². The smallest absolute Gasteiger partial charge is 0.293 e. The molecule has 2 heterocycles. The summed E-state index contributed by atoms with van der Waals surface area (Å²) in [4.78, 5) is 19.3. The van der Waals surface area contributed by atoms with E-state index in [0.29, 0.717) is 22.5 Å². The highest BCUT2D eigenvalue weighted by Gasteiger charge is 2.26. The largest absolute Gasteiger partial charge is 0.351 e. The second kappa shape index (κ2) is 6.07. The van der Waals surface area contributed by atoms with Gasteiger partial charge in [0.05, 0.1) is 0 Å². The van der Waals surface area contributed by atoms with Crippen molar-refractivity contribution in [3.8, 4) is 0 Å². The van der Waals surface area contributed by atoms with Crippen LogP contribution < -0.4 is 10.5 Å². The van der Waals surface area contributed by atoms with Crippen molar-refractivity contribution in [2.24, 2.45) is 11.8 Å². The molecular weight excluding hydrogens is 306 g/mol. The standard InChI is InChI=1S/C14H22BrN3O/c1-10(2)8-18-7-5-16-13(14(18)19)17-6-4-11(3)12(15)9-17/h5,7,10-12H,4,6,8-9H2,1-3H3. The van der Waals surface area contributed by atoms with Crippen molar-refractivity contribution in [3.63, 3.8) is 0 Å². The third kappa shape index (κ3) is 3.38. The van der Waals surface area contributed by atoms with E-state index in [4.69, 9.17) is 0 Å². The van der Waals surface area contributed by atoms with Crippen LogP contribution in [0.4, 0.5) is 5.82 Å². The minimum atomic E-state index is 0.0328. The Morgan fingerprint density at radius 2 is 2.26 bits per heavy atom. The van der Waals surface area contributed by atoms with Crippen LogP contribution in [-0.2, 0) is 6.54 Å². The maximum atomic E-state index is 12.4. The molecular formula is C14H22BrN3O. The van der Waals surface area contributed by atoms with Crippen molar-refractivity contribution in [2.75, 3.05) is 18.0 Å². The van der Waals surface area contributed by atoms with Gasteiger partial charge >= 0.3 is 0 Å². The summed E-state index contributed by atoms with van der Waals surface area (Å²) >= 11 is 3.70. The average Bonchev–Trinajstić information content (AvgIpc) is 2.35. The molecule has 1 aliphatic rings. The second-order valence-corrected chi connectivity index (χ2v) is 7.01. The number of anilines is 1. The number of aromatic nitrogens is 2. The molecule has 0 aliphatic carbocycles. The minimum Gasteiger partial charge on any atom is -0.351 e. The maximum Gasteiger partial charge on any atom is 0.293 e. The first-order valence-corrected chi connectivity index (χ1v) is 7.85. The Bertz CT molecular complexity index is 486. The van der Waals surface area contributed by atoms with E-state index < -0.39 is 0 Å². The first kappa shape index (κ1) is 14.6. The summed E-state index contributed by atoms with van der Waals surface area (Å²) in [6.45, 7) is 8.99. The van der Waals surface area contributed by atoms with Gasteiger partial charge in [0.2, 0.25) is 0 Å². The van der Waals surface area contributed by atoms with Gasteiger partial charge in [-0.15, -0.1) is 0 Å². The predicted octanol–water partition coefficient (Wildman–Crippen LogP) is 2.51. The van der Waals surface area contributed by atoms with E-state index in [1.807, 2.05) is 0 Å². The van der Waals surface area contributed by atoms with Gasteiger partial charge in [-0.1, -0.05) is 36.7 Å². The topological polar surface area (TPSA) is 38.1 Å². The highest BCUT2D eigenvalue weighted by molar-refractivity contribution is 9.09. The summed E-state index contributed by atoms with van der Waals surface area (Å²) in [6, 6.07) is 0. The molecule has 0 radical (unpaired) electrons. The van der Waals surface area contributed by atoms with E-state index in [0.717, 1.165) is 26.1 Å². The van der Waals surface area contributed by atoms with Crippen molar-refractivity contribution in [1.82, 2.24) is 9.55 Å². The maximum absolute atomic E-state index is 12.4. The van der Waals surface area contributed by atoms with Crippen LogP contribution in [-0.4, -0.2) is 27.5 Å². The van der Waals surface area contributed by atoms with Crippen LogP contribution in [0.2, 0.25) is 0 Å². The molecule has 0 saturated carbocycles. The molecule has 1 aromatic heterocycles. The van der Waals surface area contributed by atoms with Crippen LogP contribution >= 0.6 is 15.9 Å². The molecule has 2 atom stereocenters. The molecule has 0 spiro atoms. The van der Waals surface area contributed by atoms with Crippen LogP contribution in [0, 0.1) is 11.8 Å². The van der Waals surface area contributed by atoms with E-state index in [2.05, 4.69) is 46.6 Å². The monoisotopic (exact) mass is 327 g/mol. The van der Waals surface area contributed by atoms with E-state index in [1.165, 1.54) is 0 Å². The van der Waals surface area contributed by atoms with Crippen molar-refractivity contribution in [3.05, 3.63) is 22.7 Å². The third-order valence-electron chi connectivity index (χ3n) is 3.62. The number of hydrogen-bond acceptors (Lipinski definition) is 3. The summed E-state index contributed by atoms with van der Waals surface area (Å²) in [7, 11) is 0. The highest BCUT2D eigenvalue weighted by Crippen LogP contribution is 2.24. The minimum absolute atomic E-state index is 0.0328. The number of alkyl halides is 1. The Morgan fingerprint density at radius 1 is 1.53 bits per heavy atom. The Morgan fingerprint density at radius 3 is 2.89 bits per heavy atom. The molecule has 1 aliphatic heterocycles. The third-order valence-corrected chi connectivity index (χ3v) is 4.82. The lowest BCUT2D eigenvalue weighted by Crippen LogP contribution is -2.44. The van der Waals surface area contributed by atoms with Crippen molar-refractivity contribution in [2.45, 2.75) is 38.6 Å². The van der Waals surface area contributed by atoms with Crippen LogP contribution in [0.15, 0.2) is 17.2 Å². The van der Waals surface area contributed by atoms with Gasteiger partial charge in [0.25, 0.3) is 5.56 Å². The van der Waals surface area contributed by atoms with Crippen LogP contribution in [0.1, 0.15) is 27.2 Å². The fourth-order valence-corrected chi connectivity index (χ4v) is 3.02. The lowest BCUT2D eigenvalue weighted by molar-refractivity contribution is 0.450. The lowest BCUT2D eigenvalue weighted by atomic mass is 9.99. The molecule has 2 unspecified atom stereocenters. The Balaban J connectivity index is 2.23. The van der Waals surface area contributed by atoms with Crippen molar-refractivity contribution in [1.29, 1.82) is 0 Å². The molecule has 4 nitrogen and oxygen atoms in total. The van der Waals surface area contributed by atoms with Crippen LogP contribution in [0.25, 0.3) is 0 Å². The van der Waals surface area contributed by atoms with Gasteiger partial charge in [-0.2, -0.15) is 0 Å². The zero-order chi connectivity index (χ0) is 14.0. The predicted molar refractivity (Wildman–Crippen MR) is 82.0 cm³/mol. The fourth-order valence-electron chi connectivity index (χ4n) is 2.40. The number of nitrogens with zero attached hydrogens (tertiary/aromatic N) is 3. The van der Waals surface area contributed by atoms with E-state index in [9.17, 15) is 4.79 Å². The van der Waals surface area contributed by atoms with Gasteiger partial charge in [-0.05, 0) is 18.3 Å². The summed E-state index contributed by atoms with van der Waals surface area (Å²) in [5.74, 6) is 1.70. The number of halogens is 1. The normalized spacial score (nSPS) is 23.9. The molecule has 0 bridgehead atoms. The average molecular weight is 328 g/mol. The SMILES string of the molecule is CC(C)Cn1ccnc(N2CCC(C)C(Br)C2)c1=O. The molecule has 0 amide bonds. The summed E-state index contributed by atoms with van der Waals surface area (Å²) in [5, 5.41) is 0. The molecule has 1 fully saturated rings. The van der Waals surface area contributed by atoms with Gasteiger partial charge < -0.3 is 9.47 Å². The highest BCUT2D eigenvalue weighted by atomic mass is 79.9. The molecule has 1 saturated heterocycles. The van der Waals surface area contributed by atoms with E-state index in [-0.39, 0.29) is 5.56 Å². The summed E-state index contributed by atoms with van der Waals surface area (Å²) in [6.07, 6.45) is 4.61. The summed E-state index contributed by atoms with van der Waals surface area (Å²) in [5.41, 5.74) is 0.0328. The molecule has 0 aromatic carbocycles. The van der Waals surface area contributed by atoms with Crippen LogP contribution in [0.3, 0.4) is 0 Å².